The molecule has 1 heterocycles. The molecule has 0 atom stereocenters. The average Bonchev–Trinajstić information content (AvgIpc) is 2.63. The lowest BCUT2D eigenvalue weighted by molar-refractivity contribution is 0.148. The predicted octanol–water partition coefficient (Wildman–Crippen LogP) is 3.32. The minimum Gasteiger partial charge on any atom is -0.453 e. The van der Waals surface area contributed by atoms with Crippen LogP contribution < -0.4 is 10.2 Å². The largest absolute Gasteiger partial charge is 0.453 e. The number of anilines is 2. The van der Waals surface area contributed by atoms with Crippen LogP contribution in [0.3, 0.4) is 0 Å². The molecule has 0 spiro atoms. The van der Waals surface area contributed by atoms with Crippen molar-refractivity contribution in [2.45, 2.75) is 38.1 Å². The summed E-state index contributed by atoms with van der Waals surface area (Å²) < 4.78 is 4.60. The van der Waals surface area contributed by atoms with E-state index in [2.05, 4.69) is 32.0 Å². The molecular weight excluding hydrogens is 290 g/mol. The van der Waals surface area contributed by atoms with Crippen LogP contribution in [0, 0.1) is 0 Å². The summed E-state index contributed by atoms with van der Waals surface area (Å²) >= 11 is 0. The second kappa shape index (κ2) is 7.68. The van der Waals surface area contributed by atoms with Crippen LogP contribution in [0.5, 0.6) is 0 Å². The minimum absolute atomic E-state index is 0.432. The third-order valence-corrected chi connectivity index (χ3v) is 5.07. The molecule has 0 radical (unpaired) electrons. The van der Waals surface area contributed by atoms with Crippen molar-refractivity contribution in [1.29, 1.82) is 0 Å². The van der Waals surface area contributed by atoms with Gasteiger partial charge in [-0.3, -0.25) is 10.2 Å². The standard InChI is InChI=1S/C18H27N3O2/c1-23-18(22)19-15-7-9-17(10-8-15)21-13-11-20(12-14-21)16-5-3-2-4-6-16/h7-10,16H,2-6,11-14H2,1H3,(H,19,22). The predicted molar refractivity (Wildman–Crippen MR) is 93.1 cm³/mol. The van der Waals surface area contributed by atoms with E-state index in [9.17, 15) is 4.79 Å². The minimum atomic E-state index is -0.432. The molecule has 1 saturated carbocycles. The van der Waals surface area contributed by atoms with Crippen LogP contribution in [-0.4, -0.2) is 50.3 Å². The first-order chi connectivity index (χ1) is 11.3. The summed E-state index contributed by atoms with van der Waals surface area (Å²) in [4.78, 5) is 16.3. The van der Waals surface area contributed by atoms with Crippen LogP contribution in [0.1, 0.15) is 32.1 Å². The zero-order chi connectivity index (χ0) is 16.1. The first kappa shape index (κ1) is 16.1. The number of amides is 1. The van der Waals surface area contributed by atoms with E-state index in [1.165, 1.54) is 44.9 Å². The van der Waals surface area contributed by atoms with E-state index in [-0.39, 0.29) is 0 Å². The van der Waals surface area contributed by atoms with Crippen LogP contribution in [0.2, 0.25) is 0 Å². The number of hydrogen-bond acceptors (Lipinski definition) is 4. The number of carbonyl (C=O) groups is 1. The molecule has 23 heavy (non-hydrogen) atoms. The van der Waals surface area contributed by atoms with E-state index >= 15 is 0 Å². The van der Waals surface area contributed by atoms with E-state index in [0.29, 0.717) is 0 Å². The van der Waals surface area contributed by atoms with E-state index in [1.807, 2.05) is 12.1 Å². The maximum absolute atomic E-state index is 11.2. The molecule has 5 nitrogen and oxygen atoms in total. The van der Waals surface area contributed by atoms with Gasteiger partial charge < -0.3 is 9.64 Å². The van der Waals surface area contributed by atoms with Crippen molar-refractivity contribution in [2.75, 3.05) is 43.5 Å². The molecule has 1 aromatic rings. The van der Waals surface area contributed by atoms with Crippen molar-refractivity contribution >= 4 is 17.5 Å². The first-order valence-corrected chi connectivity index (χ1v) is 8.70. The number of rotatable bonds is 3. The molecule has 5 heteroatoms. The fourth-order valence-electron chi connectivity index (χ4n) is 3.72. The van der Waals surface area contributed by atoms with Crippen molar-refractivity contribution in [3.05, 3.63) is 24.3 Å². The highest BCUT2D eigenvalue weighted by Gasteiger charge is 2.25. The number of ether oxygens (including phenoxy) is 1. The summed E-state index contributed by atoms with van der Waals surface area (Å²) in [5.41, 5.74) is 1.99. The normalized spacial score (nSPS) is 20.3. The molecule has 0 bridgehead atoms. The summed E-state index contributed by atoms with van der Waals surface area (Å²) in [6.45, 7) is 4.49. The van der Waals surface area contributed by atoms with Gasteiger partial charge in [-0.15, -0.1) is 0 Å². The van der Waals surface area contributed by atoms with E-state index in [0.717, 1.165) is 37.9 Å². The zero-order valence-electron chi connectivity index (χ0n) is 14.0. The lowest BCUT2D eigenvalue weighted by atomic mass is 9.94. The van der Waals surface area contributed by atoms with E-state index in [4.69, 9.17) is 0 Å². The summed E-state index contributed by atoms with van der Waals surface area (Å²) in [6, 6.07) is 8.82. The summed E-state index contributed by atoms with van der Waals surface area (Å²) in [5, 5.41) is 2.68. The van der Waals surface area contributed by atoms with Gasteiger partial charge in [-0.05, 0) is 37.1 Å². The van der Waals surface area contributed by atoms with Crippen molar-refractivity contribution in [1.82, 2.24) is 4.90 Å². The van der Waals surface area contributed by atoms with Gasteiger partial charge in [0.15, 0.2) is 0 Å². The van der Waals surface area contributed by atoms with Gasteiger partial charge in [-0.2, -0.15) is 0 Å². The summed E-state index contributed by atoms with van der Waals surface area (Å²) in [7, 11) is 1.37. The molecule has 0 unspecified atom stereocenters. The number of benzene rings is 1. The lowest BCUT2D eigenvalue weighted by Gasteiger charge is -2.41. The van der Waals surface area contributed by atoms with Crippen molar-refractivity contribution < 1.29 is 9.53 Å². The first-order valence-electron chi connectivity index (χ1n) is 8.70. The fourth-order valence-corrected chi connectivity index (χ4v) is 3.72. The van der Waals surface area contributed by atoms with Gasteiger partial charge in [0.2, 0.25) is 0 Å². The maximum Gasteiger partial charge on any atom is 0.411 e. The van der Waals surface area contributed by atoms with Crippen LogP contribution in [0.15, 0.2) is 24.3 Å². The van der Waals surface area contributed by atoms with Gasteiger partial charge in [0.25, 0.3) is 0 Å². The molecule has 2 aliphatic rings. The zero-order valence-corrected chi connectivity index (χ0v) is 14.0. The highest BCUT2D eigenvalue weighted by atomic mass is 16.5. The van der Waals surface area contributed by atoms with Gasteiger partial charge >= 0.3 is 6.09 Å². The number of hydrogen-bond donors (Lipinski definition) is 1. The van der Waals surface area contributed by atoms with Gasteiger partial charge in [0.1, 0.15) is 0 Å². The number of carbonyl (C=O) groups excluding carboxylic acids is 1. The Kier molecular flexibility index (Phi) is 5.39. The molecule has 1 aromatic carbocycles. The third kappa shape index (κ3) is 4.16. The van der Waals surface area contributed by atoms with Crippen LogP contribution >= 0.6 is 0 Å². The average molecular weight is 317 g/mol. The fraction of sp³-hybridized carbons (Fsp3) is 0.611. The molecule has 1 N–H and O–H groups in total. The van der Waals surface area contributed by atoms with Crippen LogP contribution in [-0.2, 0) is 4.74 Å². The molecule has 1 amide bonds. The van der Waals surface area contributed by atoms with Gasteiger partial charge in [0, 0.05) is 43.6 Å². The smallest absolute Gasteiger partial charge is 0.411 e. The molecule has 1 aliphatic carbocycles. The van der Waals surface area contributed by atoms with Crippen LogP contribution in [0.4, 0.5) is 16.2 Å². The highest BCUT2D eigenvalue weighted by molar-refractivity contribution is 5.84. The molecule has 2 fully saturated rings. The monoisotopic (exact) mass is 317 g/mol. The number of nitrogens with zero attached hydrogens (tertiary/aromatic N) is 2. The third-order valence-electron chi connectivity index (χ3n) is 5.07. The van der Waals surface area contributed by atoms with Crippen molar-refractivity contribution in [3.63, 3.8) is 0 Å². The molecule has 3 rings (SSSR count). The topological polar surface area (TPSA) is 44.8 Å². The Morgan fingerprint density at radius 3 is 2.30 bits per heavy atom. The summed E-state index contributed by atoms with van der Waals surface area (Å²) in [6.07, 6.45) is 6.56. The van der Waals surface area contributed by atoms with E-state index in [1.54, 1.807) is 0 Å². The van der Waals surface area contributed by atoms with Crippen LogP contribution in [0.25, 0.3) is 0 Å². The van der Waals surface area contributed by atoms with Gasteiger partial charge in [-0.1, -0.05) is 19.3 Å². The molecule has 0 aromatic heterocycles. The van der Waals surface area contributed by atoms with Gasteiger partial charge in [-0.25, -0.2) is 4.79 Å². The van der Waals surface area contributed by atoms with E-state index < -0.39 is 6.09 Å². The van der Waals surface area contributed by atoms with Gasteiger partial charge in [0.05, 0.1) is 7.11 Å². The highest BCUT2D eigenvalue weighted by Crippen LogP contribution is 2.25. The number of methoxy groups -OCH3 is 1. The Morgan fingerprint density at radius 2 is 1.70 bits per heavy atom. The second-order valence-electron chi connectivity index (χ2n) is 6.48. The van der Waals surface area contributed by atoms with Crippen molar-refractivity contribution in [2.24, 2.45) is 0 Å². The number of piperazine rings is 1. The summed E-state index contributed by atoms with van der Waals surface area (Å²) in [5.74, 6) is 0. The Morgan fingerprint density at radius 1 is 1.04 bits per heavy atom. The second-order valence-corrected chi connectivity index (χ2v) is 6.48. The maximum atomic E-state index is 11.2. The Hall–Kier alpha value is -1.75. The molecule has 1 aliphatic heterocycles. The Labute approximate surface area is 138 Å². The quantitative estimate of drug-likeness (QED) is 0.929. The Bertz CT molecular complexity index is 504. The molecular formula is C18H27N3O2. The van der Waals surface area contributed by atoms with Crippen molar-refractivity contribution in [3.8, 4) is 0 Å². The Balaban J connectivity index is 1.52. The number of nitrogens with one attached hydrogen (secondary N) is 1. The molecule has 1 saturated heterocycles. The molecule has 126 valence electrons. The SMILES string of the molecule is COC(=O)Nc1ccc(N2CCN(C3CCCCC3)CC2)cc1. The lowest BCUT2D eigenvalue weighted by Crippen LogP contribution is -2.50.